The normalized spacial score (nSPS) is 23.3. The van der Waals surface area contributed by atoms with E-state index in [0.29, 0.717) is 19.4 Å². The fraction of sp³-hybridized carbons (Fsp3) is 0.636. The number of nitrogens with one attached hydrogen (secondary N) is 1. The molecule has 1 fully saturated rings. The average molecular weight is 259 g/mol. The van der Waals surface area contributed by atoms with Crippen LogP contribution in [0.15, 0.2) is 12.7 Å². The van der Waals surface area contributed by atoms with Gasteiger partial charge in [-0.15, -0.1) is 6.58 Å². The fourth-order valence-electron chi connectivity index (χ4n) is 1.54. The number of aliphatic carboxylic acids is 1. The van der Waals surface area contributed by atoms with Crippen LogP contribution in [0.4, 0.5) is 0 Å². The molecular formula is C11H17NO4S. The maximum absolute atomic E-state index is 11.6. The van der Waals surface area contributed by atoms with E-state index in [1.807, 2.05) is 6.08 Å². The number of carboxylic acids is 1. The van der Waals surface area contributed by atoms with E-state index in [-0.39, 0.29) is 5.91 Å². The minimum Gasteiger partial charge on any atom is -0.479 e. The van der Waals surface area contributed by atoms with Gasteiger partial charge in [-0.3, -0.25) is 4.79 Å². The summed E-state index contributed by atoms with van der Waals surface area (Å²) < 4.78 is 5.13. The number of hydrogen-bond acceptors (Lipinski definition) is 4. The lowest BCUT2D eigenvalue weighted by Crippen LogP contribution is -2.36. The van der Waals surface area contributed by atoms with E-state index in [2.05, 4.69) is 11.9 Å². The molecule has 1 aliphatic rings. The number of carbonyl (C=O) groups is 2. The van der Waals surface area contributed by atoms with Gasteiger partial charge >= 0.3 is 5.97 Å². The molecule has 2 unspecified atom stereocenters. The molecule has 0 radical (unpaired) electrons. The first-order valence-electron chi connectivity index (χ1n) is 5.49. The summed E-state index contributed by atoms with van der Waals surface area (Å²) in [6.07, 6.45) is 1.24. The molecule has 1 aliphatic heterocycles. The van der Waals surface area contributed by atoms with Crippen molar-refractivity contribution in [2.24, 2.45) is 0 Å². The zero-order valence-corrected chi connectivity index (χ0v) is 10.4. The molecule has 0 bridgehead atoms. The summed E-state index contributed by atoms with van der Waals surface area (Å²) in [5, 5.41) is 11.4. The number of hydrogen-bond donors (Lipinski definition) is 2. The van der Waals surface area contributed by atoms with E-state index < -0.39 is 18.2 Å². The molecule has 1 rings (SSSR count). The zero-order chi connectivity index (χ0) is 12.7. The Balaban J connectivity index is 2.16. The number of rotatable bonds is 7. The largest absolute Gasteiger partial charge is 0.479 e. The van der Waals surface area contributed by atoms with Gasteiger partial charge in [0.05, 0.1) is 0 Å². The van der Waals surface area contributed by atoms with Gasteiger partial charge in [0.2, 0.25) is 5.91 Å². The first kappa shape index (κ1) is 14.1. The highest BCUT2D eigenvalue weighted by atomic mass is 32.2. The second-order valence-corrected chi connectivity index (χ2v) is 4.83. The van der Waals surface area contributed by atoms with Gasteiger partial charge in [0.1, 0.15) is 6.10 Å². The van der Waals surface area contributed by atoms with E-state index in [9.17, 15) is 9.59 Å². The van der Waals surface area contributed by atoms with Crippen LogP contribution in [0.25, 0.3) is 0 Å². The lowest BCUT2D eigenvalue weighted by atomic mass is 10.2. The summed E-state index contributed by atoms with van der Waals surface area (Å²) >= 11 is 1.68. The second kappa shape index (κ2) is 7.34. The molecule has 2 N–H and O–H groups in total. The predicted octanol–water partition coefficient (Wildman–Crippen LogP) is 0.654. The SMILES string of the molecule is C=CCSCCNC(=O)C1CCC(C(=O)O)O1. The van der Waals surface area contributed by atoms with Gasteiger partial charge in [0.25, 0.3) is 0 Å². The molecule has 2 atom stereocenters. The maximum Gasteiger partial charge on any atom is 0.332 e. The molecular weight excluding hydrogens is 242 g/mol. The summed E-state index contributed by atoms with van der Waals surface area (Å²) in [5.41, 5.74) is 0. The van der Waals surface area contributed by atoms with Crippen LogP contribution >= 0.6 is 11.8 Å². The van der Waals surface area contributed by atoms with Crippen LogP contribution in [0.3, 0.4) is 0 Å². The van der Waals surface area contributed by atoms with Crippen LogP contribution in [-0.4, -0.2) is 47.2 Å². The molecule has 6 heteroatoms. The van der Waals surface area contributed by atoms with E-state index >= 15 is 0 Å². The topological polar surface area (TPSA) is 75.6 Å². The maximum atomic E-state index is 11.6. The highest BCUT2D eigenvalue weighted by molar-refractivity contribution is 7.99. The van der Waals surface area contributed by atoms with E-state index in [1.165, 1.54) is 0 Å². The third-order valence-electron chi connectivity index (χ3n) is 2.37. The van der Waals surface area contributed by atoms with Crippen molar-refractivity contribution in [3.8, 4) is 0 Å². The predicted molar refractivity (Wildman–Crippen MR) is 66.1 cm³/mol. The van der Waals surface area contributed by atoms with Gasteiger partial charge in [-0.1, -0.05) is 6.08 Å². The van der Waals surface area contributed by atoms with Crippen molar-refractivity contribution in [1.29, 1.82) is 0 Å². The lowest BCUT2D eigenvalue weighted by Gasteiger charge is -2.11. The molecule has 0 saturated carbocycles. The van der Waals surface area contributed by atoms with Crippen molar-refractivity contribution < 1.29 is 19.4 Å². The van der Waals surface area contributed by atoms with Crippen molar-refractivity contribution >= 4 is 23.6 Å². The van der Waals surface area contributed by atoms with Crippen LogP contribution in [0.5, 0.6) is 0 Å². The highest BCUT2D eigenvalue weighted by Gasteiger charge is 2.34. The van der Waals surface area contributed by atoms with E-state index in [4.69, 9.17) is 9.84 Å². The molecule has 0 aromatic rings. The number of thioether (sulfide) groups is 1. The fourth-order valence-corrected chi connectivity index (χ4v) is 2.12. The minimum absolute atomic E-state index is 0.215. The van der Waals surface area contributed by atoms with E-state index in [1.54, 1.807) is 11.8 Å². The van der Waals surface area contributed by atoms with Gasteiger partial charge < -0.3 is 15.2 Å². The van der Waals surface area contributed by atoms with Gasteiger partial charge in [-0.05, 0) is 12.8 Å². The van der Waals surface area contributed by atoms with Crippen LogP contribution in [0.2, 0.25) is 0 Å². The van der Waals surface area contributed by atoms with E-state index in [0.717, 1.165) is 11.5 Å². The van der Waals surface area contributed by atoms with Crippen molar-refractivity contribution in [3.05, 3.63) is 12.7 Å². The highest BCUT2D eigenvalue weighted by Crippen LogP contribution is 2.19. The van der Waals surface area contributed by atoms with Crippen LogP contribution in [0, 0.1) is 0 Å². The van der Waals surface area contributed by atoms with Crippen molar-refractivity contribution in [2.45, 2.75) is 25.0 Å². The zero-order valence-electron chi connectivity index (χ0n) is 9.55. The van der Waals surface area contributed by atoms with Crippen molar-refractivity contribution in [2.75, 3.05) is 18.1 Å². The molecule has 0 aliphatic carbocycles. The Morgan fingerprint density at radius 2 is 2.18 bits per heavy atom. The van der Waals surface area contributed by atoms with Crippen molar-refractivity contribution in [3.63, 3.8) is 0 Å². The summed E-state index contributed by atoms with van der Waals surface area (Å²) in [7, 11) is 0. The molecule has 1 saturated heterocycles. The first-order chi connectivity index (χ1) is 8.15. The van der Waals surface area contributed by atoms with Crippen LogP contribution in [-0.2, 0) is 14.3 Å². The third kappa shape index (κ3) is 4.79. The standard InChI is InChI=1S/C11H17NO4S/c1-2-6-17-7-5-12-10(13)8-3-4-9(16-8)11(14)15/h2,8-9H,1,3-7H2,(H,12,13)(H,14,15). The molecule has 0 aromatic heterocycles. The molecule has 96 valence electrons. The Bertz CT molecular complexity index is 295. The van der Waals surface area contributed by atoms with Crippen molar-refractivity contribution in [1.82, 2.24) is 5.32 Å². The summed E-state index contributed by atoms with van der Waals surface area (Å²) in [6.45, 7) is 4.16. The Kier molecular flexibility index (Phi) is 6.07. The third-order valence-corrected chi connectivity index (χ3v) is 3.33. The molecule has 1 heterocycles. The Labute approximate surface area is 105 Å². The van der Waals surface area contributed by atoms with Crippen LogP contribution < -0.4 is 5.32 Å². The first-order valence-corrected chi connectivity index (χ1v) is 6.65. The summed E-state index contributed by atoms with van der Waals surface area (Å²) in [5.74, 6) is 0.457. The number of carbonyl (C=O) groups excluding carboxylic acids is 1. The molecule has 5 nitrogen and oxygen atoms in total. The minimum atomic E-state index is -0.998. The Hall–Kier alpha value is -1.01. The Morgan fingerprint density at radius 1 is 1.47 bits per heavy atom. The van der Waals surface area contributed by atoms with Gasteiger partial charge in [0.15, 0.2) is 6.10 Å². The van der Waals surface area contributed by atoms with Gasteiger partial charge in [0, 0.05) is 18.1 Å². The lowest BCUT2D eigenvalue weighted by molar-refractivity contribution is -0.151. The quantitative estimate of drug-likeness (QED) is 0.519. The molecule has 0 spiro atoms. The van der Waals surface area contributed by atoms with Crippen LogP contribution in [0.1, 0.15) is 12.8 Å². The summed E-state index contributed by atoms with van der Waals surface area (Å²) in [6, 6.07) is 0. The molecule has 0 aromatic carbocycles. The summed E-state index contributed by atoms with van der Waals surface area (Å²) in [4.78, 5) is 22.2. The average Bonchev–Trinajstić information content (AvgIpc) is 2.78. The number of ether oxygens (including phenoxy) is 1. The second-order valence-electron chi connectivity index (χ2n) is 3.68. The smallest absolute Gasteiger partial charge is 0.332 e. The molecule has 1 amide bonds. The number of amides is 1. The van der Waals surface area contributed by atoms with Gasteiger partial charge in [-0.25, -0.2) is 4.79 Å². The monoisotopic (exact) mass is 259 g/mol. The van der Waals surface area contributed by atoms with Gasteiger partial charge in [-0.2, -0.15) is 11.8 Å². The Morgan fingerprint density at radius 3 is 2.76 bits per heavy atom. The number of carboxylic acid groups (broad SMARTS) is 1. The molecule has 17 heavy (non-hydrogen) atoms.